The molecule has 2 aromatic rings. The highest BCUT2D eigenvalue weighted by molar-refractivity contribution is 6.31. The molecule has 1 N–H and O–H groups in total. The third-order valence-corrected chi connectivity index (χ3v) is 2.64. The molecule has 90 valence electrons. The van der Waals surface area contributed by atoms with Gasteiger partial charge in [0, 0.05) is 23.2 Å². The van der Waals surface area contributed by atoms with Crippen LogP contribution in [0.2, 0.25) is 5.02 Å². The Morgan fingerprint density at radius 2 is 2.29 bits per heavy atom. The van der Waals surface area contributed by atoms with E-state index in [0.29, 0.717) is 23.9 Å². The smallest absolute Gasteiger partial charge is 0.174 e. The van der Waals surface area contributed by atoms with E-state index in [1.165, 1.54) is 0 Å². The summed E-state index contributed by atoms with van der Waals surface area (Å²) in [6.07, 6.45) is 1.59. The van der Waals surface area contributed by atoms with Crippen LogP contribution in [0, 0.1) is 0 Å². The Bertz CT molecular complexity index is 471. The van der Waals surface area contributed by atoms with Crippen molar-refractivity contribution in [2.75, 3.05) is 7.05 Å². The normalized spacial score (nSPS) is 10.5. The first kappa shape index (κ1) is 12.0. The van der Waals surface area contributed by atoms with Crippen molar-refractivity contribution in [2.45, 2.75) is 13.2 Å². The molecule has 1 heterocycles. The van der Waals surface area contributed by atoms with Crippen LogP contribution < -0.4 is 10.1 Å². The number of halogens is 1. The predicted octanol–water partition coefficient (Wildman–Crippen LogP) is 2.63. The van der Waals surface area contributed by atoms with Crippen molar-refractivity contribution in [3.63, 3.8) is 0 Å². The first-order valence-corrected chi connectivity index (χ1v) is 5.63. The standard InChI is InChI=1S/C12H13ClN2O2/c1-14-7-10-11(13)3-2-4-12(10)16-8-9-5-6-15-17-9/h2-6,14H,7-8H2,1H3. The predicted molar refractivity (Wildman–Crippen MR) is 65.1 cm³/mol. The minimum Gasteiger partial charge on any atom is -0.485 e. The number of aromatic nitrogens is 1. The molecule has 4 nitrogen and oxygen atoms in total. The molecule has 0 saturated heterocycles. The quantitative estimate of drug-likeness (QED) is 0.889. The lowest BCUT2D eigenvalue weighted by Crippen LogP contribution is -2.08. The highest BCUT2D eigenvalue weighted by Gasteiger charge is 2.08. The van der Waals surface area contributed by atoms with Gasteiger partial charge < -0.3 is 14.6 Å². The first-order valence-electron chi connectivity index (χ1n) is 5.25. The zero-order chi connectivity index (χ0) is 12.1. The maximum atomic E-state index is 6.11. The largest absolute Gasteiger partial charge is 0.485 e. The highest BCUT2D eigenvalue weighted by Crippen LogP contribution is 2.26. The van der Waals surface area contributed by atoms with Crippen molar-refractivity contribution in [2.24, 2.45) is 0 Å². The second-order valence-electron chi connectivity index (χ2n) is 3.51. The molecular weight excluding hydrogens is 240 g/mol. The molecule has 0 aliphatic heterocycles. The number of hydrogen-bond donors (Lipinski definition) is 1. The van der Waals surface area contributed by atoms with Gasteiger partial charge in [0.1, 0.15) is 12.4 Å². The van der Waals surface area contributed by atoms with Gasteiger partial charge in [-0.05, 0) is 19.2 Å². The van der Waals surface area contributed by atoms with E-state index in [2.05, 4.69) is 10.5 Å². The lowest BCUT2D eigenvalue weighted by molar-refractivity contribution is 0.247. The van der Waals surface area contributed by atoms with E-state index in [1.54, 1.807) is 12.3 Å². The molecule has 0 amide bonds. The minimum atomic E-state index is 0.344. The summed E-state index contributed by atoms with van der Waals surface area (Å²) >= 11 is 6.11. The van der Waals surface area contributed by atoms with Gasteiger partial charge in [-0.15, -0.1) is 0 Å². The van der Waals surface area contributed by atoms with Crippen LogP contribution in [0.5, 0.6) is 5.75 Å². The molecule has 0 atom stereocenters. The monoisotopic (exact) mass is 252 g/mol. The van der Waals surface area contributed by atoms with E-state index in [-0.39, 0.29) is 0 Å². The van der Waals surface area contributed by atoms with E-state index in [4.69, 9.17) is 20.9 Å². The highest BCUT2D eigenvalue weighted by atomic mass is 35.5. The number of ether oxygens (including phenoxy) is 1. The Labute approximate surface area is 105 Å². The van der Waals surface area contributed by atoms with E-state index >= 15 is 0 Å². The summed E-state index contributed by atoms with van der Waals surface area (Å²) in [6, 6.07) is 7.35. The zero-order valence-electron chi connectivity index (χ0n) is 9.44. The zero-order valence-corrected chi connectivity index (χ0v) is 10.2. The number of rotatable bonds is 5. The van der Waals surface area contributed by atoms with Gasteiger partial charge in [0.15, 0.2) is 5.76 Å². The molecule has 0 bridgehead atoms. The molecule has 0 aliphatic carbocycles. The van der Waals surface area contributed by atoms with Crippen molar-refractivity contribution in [1.82, 2.24) is 10.5 Å². The fourth-order valence-electron chi connectivity index (χ4n) is 1.49. The average molecular weight is 253 g/mol. The van der Waals surface area contributed by atoms with E-state index in [0.717, 1.165) is 11.3 Å². The maximum Gasteiger partial charge on any atom is 0.174 e. The molecular formula is C12H13ClN2O2. The Hall–Kier alpha value is -1.52. The molecule has 0 unspecified atom stereocenters. The summed E-state index contributed by atoms with van der Waals surface area (Å²) in [5.74, 6) is 1.43. The van der Waals surface area contributed by atoms with Gasteiger partial charge in [-0.1, -0.05) is 22.8 Å². The molecule has 0 radical (unpaired) electrons. The lowest BCUT2D eigenvalue weighted by atomic mass is 10.2. The van der Waals surface area contributed by atoms with Gasteiger partial charge in [0.25, 0.3) is 0 Å². The molecule has 0 spiro atoms. The Morgan fingerprint density at radius 3 is 3.00 bits per heavy atom. The number of nitrogens with one attached hydrogen (secondary N) is 1. The topological polar surface area (TPSA) is 47.3 Å². The van der Waals surface area contributed by atoms with Crippen LogP contribution in [-0.4, -0.2) is 12.2 Å². The Kier molecular flexibility index (Phi) is 4.01. The van der Waals surface area contributed by atoms with Crippen LogP contribution in [0.15, 0.2) is 35.0 Å². The second kappa shape index (κ2) is 5.70. The average Bonchev–Trinajstić information content (AvgIpc) is 2.83. The van der Waals surface area contributed by atoms with E-state index < -0.39 is 0 Å². The van der Waals surface area contributed by atoms with Gasteiger partial charge in [-0.3, -0.25) is 0 Å². The summed E-state index contributed by atoms with van der Waals surface area (Å²) in [5.41, 5.74) is 0.941. The maximum absolute atomic E-state index is 6.11. The van der Waals surface area contributed by atoms with Crippen LogP contribution in [0.4, 0.5) is 0 Å². The van der Waals surface area contributed by atoms with Crippen LogP contribution >= 0.6 is 11.6 Å². The van der Waals surface area contributed by atoms with Gasteiger partial charge in [0.2, 0.25) is 0 Å². The lowest BCUT2D eigenvalue weighted by Gasteiger charge is -2.11. The Morgan fingerprint density at radius 1 is 1.41 bits per heavy atom. The fourth-order valence-corrected chi connectivity index (χ4v) is 1.72. The minimum absolute atomic E-state index is 0.344. The molecule has 0 saturated carbocycles. The van der Waals surface area contributed by atoms with Crippen molar-refractivity contribution < 1.29 is 9.26 Å². The summed E-state index contributed by atoms with van der Waals surface area (Å²) < 4.78 is 10.6. The third kappa shape index (κ3) is 2.99. The number of nitrogens with zero attached hydrogens (tertiary/aromatic N) is 1. The molecule has 5 heteroatoms. The van der Waals surface area contributed by atoms with Crippen molar-refractivity contribution >= 4 is 11.6 Å². The molecule has 1 aromatic carbocycles. The van der Waals surface area contributed by atoms with Gasteiger partial charge in [-0.25, -0.2) is 0 Å². The van der Waals surface area contributed by atoms with Crippen LogP contribution in [0.3, 0.4) is 0 Å². The summed E-state index contributed by atoms with van der Waals surface area (Å²) in [4.78, 5) is 0. The molecule has 1 aromatic heterocycles. The fraction of sp³-hybridized carbons (Fsp3) is 0.250. The second-order valence-corrected chi connectivity index (χ2v) is 3.92. The summed E-state index contributed by atoms with van der Waals surface area (Å²) in [7, 11) is 1.86. The van der Waals surface area contributed by atoms with Crippen LogP contribution in [0.1, 0.15) is 11.3 Å². The van der Waals surface area contributed by atoms with E-state index in [1.807, 2.05) is 25.2 Å². The number of benzene rings is 1. The first-order chi connectivity index (χ1) is 8.31. The van der Waals surface area contributed by atoms with Crippen molar-refractivity contribution in [1.29, 1.82) is 0 Å². The molecule has 17 heavy (non-hydrogen) atoms. The molecule has 0 aliphatic rings. The van der Waals surface area contributed by atoms with Crippen LogP contribution in [-0.2, 0) is 13.2 Å². The summed E-state index contributed by atoms with van der Waals surface area (Å²) in [5, 5.41) is 7.36. The summed E-state index contributed by atoms with van der Waals surface area (Å²) in [6.45, 7) is 1.00. The Balaban J connectivity index is 2.11. The van der Waals surface area contributed by atoms with Gasteiger partial charge >= 0.3 is 0 Å². The van der Waals surface area contributed by atoms with Crippen molar-refractivity contribution in [3.05, 3.63) is 46.8 Å². The number of hydrogen-bond acceptors (Lipinski definition) is 4. The van der Waals surface area contributed by atoms with Gasteiger partial charge in [-0.2, -0.15) is 0 Å². The molecule has 2 rings (SSSR count). The SMILES string of the molecule is CNCc1c(Cl)cccc1OCc1ccno1. The van der Waals surface area contributed by atoms with Gasteiger partial charge in [0.05, 0.1) is 6.20 Å². The van der Waals surface area contributed by atoms with Crippen molar-refractivity contribution in [3.8, 4) is 5.75 Å². The molecule has 0 fully saturated rings. The van der Waals surface area contributed by atoms with E-state index in [9.17, 15) is 0 Å². The third-order valence-electron chi connectivity index (χ3n) is 2.29. The van der Waals surface area contributed by atoms with Crippen LogP contribution in [0.25, 0.3) is 0 Å².